The molecule has 1 atom stereocenters. The van der Waals surface area contributed by atoms with Crippen LogP contribution in [0.15, 0.2) is 16.5 Å². The number of likely N-dealkylation sites (N-methyl/N-ethyl adjacent to an activating group) is 1. The van der Waals surface area contributed by atoms with Crippen molar-refractivity contribution in [2.75, 3.05) is 32.0 Å². The number of anilines is 1. The highest BCUT2D eigenvalue weighted by Gasteiger charge is 2.23. The molecule has 5 heteroatoms. The lowest BCUT2D eigenvalue weighted by Crippen LogP contribution is -2.54. The van der Waals surface area contributed by atoms with E-state index in [1.807, 2.05) is 20.0 Å². The van der Waals surface area contributed by atoms with Gasteiger partial charge in [-0.1, -0.05) is 0 Å². The maximum absolute atomic E-state index is 11.9. The molecule has 1 aliphatic heterocycles. The number of rotatable bonds is 2. The van der Waals surface area contributed by atoms with Crippen LogP contribution >= 0.6 is 0 Å². The molecule has 1 amide bonds. The van der Waals surface area contributed by atoms with Gasteiger partial charge in [0, 0.05) is 25.7 Å². The molecule has 1 fully saturated rings. The van der Waals surface area contributed by atoms with Crippen LogP contribution in [0.25, 0.3) is 0 Å². The zero-order valence-electron chi connectivity index (χ0n) is 9.62. The molecule has 1 unspecified atom stereocenters. The van der Waals surface area contributed by atoms with E-state index in [1.165, 1.54) is 0 Å². The summed E-state index contributed by atoms with van der Waals surface area (Å²) in [7, 11) is 2.01. The fraction of sp³-hybridized carbons (Fsp3) is 0.545. The molecule has 2 heterocycles. The lowest BCUT2D eigenvalue weighted by Gasteiger charge is -2.29. The Labute approximate surface area is 94.8 Å². The molecule has 2 rings (SSSR count). The van der Waals surface area contributed by atoms with Crippen molar-refractivity contribution in [2.45, 2.75) is 13.0 Å². The monoisotopic (exact) mass is 223 g/mol. The molecule has 0 radical (unpaired) electrons. The number of carbonyl (C=O) groups is 1. The summed E-state index contributed by atoms with van der Waals surface area (Å²) in [5, 5.41) is 5.94. The quantitative estimate of drug-likeness (QED) is 0.763. The second-order valence-electron chi connectivity index (χ2n) is 4.17. The first-order valence-corrected chi connectivity index (χ1v) is 5.44. The van der Waals surface area contributed by atoms with Crippen LogP contribution in [0.2, 0.25) is 0 Å². The molecule has 0 bridgehead atoms. The molecule has 1 aliphatic rings. The average Bonchev–Trinajstić information content (AvgIpc) is 2.64. The van der Waals surface area contributed by atoms with E-state index in [-0.39, 0.29) is 11.9 Å². The summed E-state index contributed by atoms with van der Waals surface area (Å²) in [5.74, 6) is 1.27. The van der Waals surface area contributed by atoms with Crippen LogP contribution in [0.4, 0.5) is 5.88 Å². The Balaban J connectivity index is 1.92. The molecule has 1 aromatic heterocycles. The zero-order chi connectivity index (χ0) is 11.5. The third kappa shape index (κ3) is 2.62. The summed E-state index contributed by atoms with van der Waals surface area (Å²) in [5.41, 5.74) is 0. The molecule has 0 saturated carbocycles. The van der Waals surface area contributed by atoms with E-state index in [9.17, 15) is 4.79 Å². The van der Waals surface area contributed by atoms with Crippen LogP contribution in [0.1, 0.15) is 5.76 Å². The molecule has 0 aromatic carbocycles. The summed E-state index contributed by atoms with van der Waals surface area (Å²) >= 11 is 0. The van der Waals surface area contributed by atoms with Gasteiger partial charge in [0.15, 0.2) is 5.88 Å². The van der Waals surface area contributed by atoms with E-state index in [0.29, 0.717) is 5.88 Å². The molecule has 5 nitrogen and oxygen atoms in total. The van der Waals surface area contributed by atoms with Crippen LogP contribution in [0, 0.1) is 6.92 Å². The molecule has 1 saturated heterocycles. The van der Waals surface area contributed by atoms with Crippen molar-refractivity contribution in [1.29, 1.82) is 0 Å². The van der Waals surface area contributed by atoms with E-state index < -0.39 is 0 Å². The number of nitrogens with one attached hydrogen (secondary N) is 2. The van der Waals surface area contributed by atoms with Gasteiger partial charge in [0.05, 0.1) is 6.04 Å². The van der Waals surface area contributed by atoms with Crippen molar-refractivity contribution in [2.24, 2.45) is 0 Å². The number of furan rings is 1. The van der Waals surface area contributed by atoms with Gasteiger partial charge >= 0.3 is 0 Å². The van der Waals surface area contributed by atoms with Crippen molar-refractivity contribution in [1.82, 2.24) is 10.2 Å². The SMILES string of the molecule is Cc1ccc(NC(=O)C2CN(C)CCN2)o1. The van der Waals surface area contributed by atoms with Crippen LogP contribution in [0.3, 0.4) is 0 Å². The molecule has 16 heavy (non-hydrogen) atoms. The van der Waals surface area contributed by atoms with Crippen molar-refractivity contribution in [3.05, 3.63) is 17.9 Å². The number of hydrogen-bond donors (Lipinski definition) is 2. The first kappa shape index (κ1) is 11.2. The molecular weight excluding hydrogens is 206 g/mol. The molecule has 1 aromatic rings. The van der Waals surface area contributed by atoms with Gasteiger partial charge in [-0.25, -0.2) is 0 Å². The van der Waals surface area contributed by atoms with Gasteiger partial charge in [0.1, 0.15) is 5.76 Å². The molecule has 0 spiro atoms. The summed E-state index contributed by atoms with van der Waals surface area (Å²) in [6.45, 7) is 4.39. The highest BCUT2D eigenvalue weighted by atomic mass is 16.4. The van der Waals surface area contributed by atoms with Crippen LogP contribution in [0.5, 0.6) is 0 Å². The second kappa shape index (κ2) is 4.67. The lowest BCUT2D eigenvalue weighted by molar-refractivity contribution is -0.119. The number of amides is 1. The van der Waals surface area contributed by atoms with Crippen LogP contribution < -0.4 is 10.6 Å². The number of hydrogen-bond acceptors (Lipinski definition) is 4. The van der Waals surface area contributed by atoms with Gasteiger partial charge in [0.2, 0.25) is 5.91 Å². The van der Waals surface area contributed by atoms with Crippen LogP contribution in [-0.4, -0.2) is 43.5 Å². The highest BCUT2D eigenvalue weighted by molar-refractivity contribution is 5.94. The van der Waals surface area contributed by atoms with Crippen molar-refractivity contribution in [3.63, 3.8) is 0 Å². The van der Waals surface area contributed by atoms with Crippen LogP contribution in [-0.2, 0) is 4.79 Å². The van der Waals surface area contributed by atoms with Crippen molar-refractivity contribution < 1.29 is 9.21 Å². The van der Waals surface area contributed by atoms with Gasteiger partial charge < -0.3 is 14.6 Å². The van der Waals surface area contributed by atoms with E-state index in [2.05, 4.69) is 15.5 Å². The van der Waals surface area contributed by atoms with E-state index in [1.54, 1.807) is 6.07 Å². The molecule has 88 valence electrons. The number of piperazine rings is 1. The fourth-order valence-electron chi connectivity index (χ4n) is 1.78. The van der Waals surface area contributed by atoms with Gasteiger partial charge in [-0.05, 0) is 20.0 Å². The number of nitrogens with zero attached hydrogens (tertiary/aromatic N) is 1. The fourth-order valence-corrected chi connectivity index (χ4v) is 1.78. The second-order valence-corrected chi connectivity index (χ2v) is 4.17. The maximum Gasteiger partial charge on any atom is 0.245 e. The minimum absolute atomic E-state index is 0.0408. The van der Waals surface area contributed by atoms with Gasteiger partial charge in [-0.15, -0.1) is 0 Å². The molecule has 0 aliphatic carbocycles. The Morgan fingerprint density at radius 1 is 1.62 bits per heavy atom. The number of carbonyl (C=O) groups excluding carboxylic acids is 1. The number of aryl methyl sites for hydroxylation is 1. The Bertz CT molecular complexity index is 375. The minimum atomic E-state index is -0.163. The normalized spacial score (nSPS) is 22.0. The highest BCUT2D eigenvalue weighted by Crippen LogP contribution is 2.12. The first-order chi connectivity index (χ1) is 7.65. The molecular formula is C11H17N3O2. The lowest BCUT2D eigenvalue weighted by atomic mass is 10.2. The third-order valence-electron chi connectivity index (χ3n) is 2.68. The summed E-state index contributed by atoms with van der Waals surface area (Å²) in [4.78, 5) is 14.0. The third-order valence-corrected chi connectivity index (χ3v) is 2.68. The first-order valence-electron chi connectivity index (χ1n) is 5.44. The minimum Gasteiger partial charge on any atom is -0.446 e. The van der Waals surface area contributed by atoms with E-state index in [4.69, 9.17) is 4.42 Å². The summed E-state index contributed by atoms with van der Waals surface area (Å²) < 4.78 is 5.30. The van der Waals surface area contributed by atoms with Crippen molar-refractivity contribution in [3.8, 4) is 0 Å². The Kier molecular flexibility index (Phi) is 3.26. The van der Waals surface area contributed by atoms with Gasteiger partial charge in [-0.3, -0.25) is 10.1 Å². The largest absolute Gasteiger partial charge is 0.446 e. The summed E-state index contributed by atoms with van der Waals surface area (Å²) in [6.07, 6.45) is 0. The zero-order valence-corrected chi connectivity index (χ0v) is 9.62. The van der Waals surface area contributed by atoms with E-state index >= 15 is 0 Å². The Hall–Kier alpha value is -1.33. The van der Waals surface area contributed by atoms with Gasteiger partial charge in [-0.2, -0.15) is 0 Å². The Morgan fingerprint density at radius 2 is 2.44 bits per heavy atom. The summed E-state index contributed by atoms with van der Waals surface area (Å²) in [6, 6.07) is 3.43. The average molecular weight is 223 g/mol. The Morgan fingerprint density at radius 3 is 3.06 bits per heavy atom. The van der Waals surface area contributed by atoms with Crippen molar-refractivity contribution >= 4 is 11.8 Å². The smallest absolute Gasteiger partial charge is 0.245 e. The van der Waals surface area contributed by atoms with Gasteiger partial charge in [0.25, 0.3) is 0 Å². The molecule has 2 N–H and O–H groups in total. The predicted molar refractivity (Wildman–Crippen MR) is 61.4 cm³/mol. The predicted octanol–water partition coefficient (Wildman–Crippen LogP) is 0.430. The van der Waals surface area contributed by atoms with E-state index in [0.717, 1.165) is 25.4 Å². The standard InChI is InChI=1S/C11H17N3O2/c1-8-3-4-10(16-8)13-11(15)9-7-14(2)6-5-12-9/h3-4,9,12H,5-7H2,1-2H3,(H,13,15). The maximum atomic E-state index is 11.9. The topological polar surface area (TPSA) is 57.5 Å².